The molecular formula is C11H17BrN2. The molecule has 1 N–H and O–H groups in total. The minimum atomic E-state index is 0.168. The summed E-state index contributed by atoms with van der Waals surface area (Å²) >= 11 is 3.46. The van der Waals surface area contributed by atoms with Crippen LogP contribution >= 0.6 is 15.9 Å². The lowest BCUT2D eigenvalue weighted by molar-refractivity contribution is 0.376. The number of rotatable bonds is 5. The van der Waals surface area contributed by atoms with Gasteiger partial charge in [0, 0.05) is 23.6 Å². The topological polar surface area (TPSA) is 24.9 Å². The van der Waals surface area contributed by atoms with Crippen molar-refractivity contribution in [2.45, 2.75) is 32.4 Å². The summed E-state index contributed by atoms with van der Waals surface area (Å²) in [5.74, 6) is 0. The molecule has 1 heterocycles. The number of aromatic nitrogens is 1. The molecule has 14 heavy (non-hydrogen) atoms. The molecule has 0 fully saturated rings. The first-order valence-corrected chi connectivity index (χ1v) is 5.97. The SMILES string of the molecule is CC(C)(CCBr)NCc1ccccn1. The normalized spacial score (nSPS) is 11.6. The van der Waals surface area contributed by atoms with Crippen molar-refractivity contribution >= 4 is 15.9 Å². The zero-order valence-corrected chi connectivity index (χ0v) is 10.3. The Morgan fingerprint density at radius 2 is 2.21 bits per heavy atom. The van der Waals surface area contributed by atoms with Crippen LogP contribution in [-0.4, -0.2) is 15.9 Å². The van der Waals surface area contributed by atoms with E-state index in [4.69, 9.17) is 0 Å². The van der Waals surface area contributed by atoms with Crippen molar-refractivity contribution in [1.29, 1.82) is 0 Å². The van der Waals surface area contributed by atoms with Gasteiger partial charge in [0.25, 0.3) is 0 Å². The number of nitrogens with zero attached hydrogens (tertiary/aromatic N) is 1. The zero-order chi connectivity index (χ0) is 10.4. The van der Waals surface area contributed by atoms with Crippen LogP contribution in [0.4, 0.5) is 0 Å². The number of pyridine rings is 1. The minimum Gasteiger partial charge on any atom is -0.306 e. The van der Waals surface area contributed by atoms with Gasteiger partial charge in [0.05, 0.1) is 5.69 Å². The van der Waals surface area contributed by atoms with E-state index in [0.717, 1.165) is 24.0 Å². The molecule has 0 amide bonds. The molecule has 0 aliphatic carbocycles. The minimum absolute atomic E-state index is 0.168. The van der Waals surface area contributed by atoms with Gasteiger partial charge in [0.1, 0.15) is 0 Å². The Balaban J connectivity index is 2.40. The summed E-state index contributed by atoms with van der Waals surface area (Å²) in [7, 11) is 0. The predicted molar refractivity (Wildman–Crippen MR) is 63.6 cm³/mol. The second kappa shape index (κ2) is 5.47. The van der Waals surface area contributed by atoms with Crippen LogP contribution in [0.2, 0.25) is 0 Å². The van der Waals surface area contributed by atoms with Crippen LogP contribution in [0.15, 0.2) is 24.4 Å². The van der Waals surface area contributed by atoms with E-state index in [1.807, 2.05) is 24.4 Å². The molecule has 2 nitrogen and oxygen atoms in total. The van der Waals surface area contributed by atoms with Gasteiger partial charge in [-0.2, -0.15) is 0 Å². The van der Waals surface area contributed by atoms with Gasteiger partial charge in [-0.25, -0.2) is 0 Å². The number of hydrogen-bond acceptors (Lipinski definition) is 2. The zero-order valence-electron chi connectivity index (χ0n) is 8.76. The smallest absolute Gasteiger partial charge is 0.0541 e. The fourth-order valence-corrected chi connectivity index (χ4v) is 2.15. The summed E-state index contributed by atoms with van der Waals surface area (Å²) in [5, 5.41) is 4.51. The Hall–Kier alpha value is -0.410. The molecule has 1 aromatic heterocycles. The monoisotopic (exact) mass is 256 g/mol. The molecule has 0 atom stereocenters. The molecule has 0 bridgehead atoms. The third-order valence-corrected chi connectivity index (χ3v) is 2.59. The molecule has 0 radical (unpaired) electrons. The van der Waals surface area contributed by atoms with Gasteiger partial charge in [-0.15, -0.1) is 0 Å². The van der Waals surface area contributed by atoms with E-state index in [2.05, 4.69) is 40.1 Å². The van der Waals surface area contributed by atoms with E-state index < -0.39 is 0 Å². The van der Waals surface area contributed by atoms with Crippen molar-refractivity contribution in [1.82, 2.24) is 10.3 Å². The Bertz CT molecular complexity index is 259. The quantitative estimate of drug-likeness (QED) is 0.820. The molecule has 0 aliphatic heterocycles. The average Bonchev–Trinajstić information content (AvgIpc) is 2.17. The summed E-state index contributed by atoms with van der Waals surface area (Å²) in [6.45, 7) is 5.25. The Morgan fingerprint density at radius 3 is 2.79 bits per heavy atom. The van der Waals surface area contributed by atoms with Crippen molar-refractivity contribution in [2.75, 3.05) is 5.33 Å². The first-order valence-electron chi connectivity index (χ1n) is 4.85. The average molecular weight is 257 g/mol. The van der Waals surface area contributed by atoms with Crippen molar-refractivity contribution in [2.24, 2.45) is 0 Å². The van der Waals surface area contributed by atoms with Crippen LogP contribution < -0.4 is 5.32 Å². The van der Waals surface area contributed by atoms with Gasteiger partial charge in [-0.3, -0.25) is 4.98 Å². The van der Waals surface area contributed by atoms with Gasteiger partial charge in [0.2, 0.25) is 0 Å². The van der Waals surface area contributed by atoms with E-state index in [1.54, 1.807) is 0 Å². The van der Waals surface area contributed by atoms with Crippen molar-refractivity contribution in [3.63, 3.8) is 0 Å². The van der Waals surface area contributed by atoms with Gasteiger partial charge >= 0.3 is 0 Å². The van der Waals surface area contributed by atoms with Gasteiger partial charge in [-0.1, -0.05) is 22.0 Å². The molecule has 0 aliphatic rings. The second-order valence-electron chi connectivity index (χ2n) is 4.00. The highest BCUT2D eigenvalue weighted by Gasteiger charge is 2.15. The standard InChI is InChI=1S/C11H17BrN2/c1-11(2,6-7-12)14-9-10-5-3-4-8-13-10/h3-5,8,14H,6-7,9H2,1-2H3. The number of nitrogens with one attached hydrogen (secondary N) is 1. The molecular weight excluding hydrogens is 240 g/mol. The van der Waals surface area contributed by atoms with E-state index in [-0.39, 0.29) is 5.54 Å². The molecule has 1 aromatic rings. The lowest BCUT2D eigenvalue weighted by Crippen LogP contribution is -2.39. The molecule has 3 heteroatoms. The fraction of sp³-hybridized carbons (Fsp3) is 0.545. The van der Waals surface area contributed by atoms with Crippen LogP contribution in [0.25, 0.3) is 0 Å². The Labute approximate surface area is 94.3 Å². The molecule has 0 saturated heterocycles. The lowest BCUT2D eigenvalue weighted by Gasteiger charge is -2.25. The van der Waals surface area contributed by atoms with Crippen LogP contribution in [0, 0.1) is 0 Å². The predicted octanol–water partition coefficient (Wildman–Crippen LogP) is 2.73. The highest BCUT2D eigenvalue weighted by molar-refractivity contribution is 9.09. The van der Waals surface area contributed by atoms with Crippen molar-refractivity contribution in [3.8, 4) is 0 Å². The summed E-state index contributed by atoms with van der Waals surface area (Å²) < 4.78 is 0. The molecule has 0 unspecified atom stereocenters. The van der Waals surface area contributed by atoms with Crippen molar-refractivity contribution < 1.29 is 0 Å². The number of hydrogen-bond donors (Lipinski definition) is 1. The number of alkyl halides is 1. The highest BCUT2D eigenvalue weighted by atomic mass is 79.9. The maximum atomic E-state index is 4.27. The Morgan fingerprint density at radius 1 is 1.43 bits per heavy atom. The van der Waals surface area contributed by atoms with Crippen molar-refractivity contribution in [3.05, 3.63) is 30.1 Å². The molecule has 1 rings (SSSR count). The van der Waals surface area contributed by atoms with E-state index >= 15 is 0 Å². The largest absolute Gasteiger partial charge is 0.306 e. The van der Waals surface area contributed by atoms with Crippen LogP contribution in [0.1, 0.15) is 26.0 Å². The Kier molecular flexibility index (Phi) is 4.55. The van der Waals surface area contributed by atoms with Gasteiger partial charge in [0.15, 0.2) is 0 Å². The second-order valence-corrected chi connectivity index (χ2v) is 4.79. The molecule has 0 aromatic carbocycles. The van der Waals surface area contributed by atoms with Gasteiger partial charge in [-0.05, 0) is 32.4 Å². The maximum Gasteiger partial charge on any atom is 0.0541 e. The molecule has 0 saturated carbocycles. The van der Waals surface area contributed by atoms with E-state index in [0.29, 0.717) is 0 Å². The first-order chi connectivity index (χ1) is 6.64. The molecule has 0 spiro atoms. The molecule has 78 valence electrons. The third-order valence-electron chi connectivity index (χ3n) is 2.19. The summed E-state index contributed by atoms with van der Waals surface area (Å²) in [6.07, 6.45) is 2.94. The first kappa shape index (κ1) is 11.7. The van der Waals surface area contributed by atoms with Crippen LogP contribution in [0.5, 0.6) is 0 Å². The highest BCUT2D eigenvalue weighted by Crippen LogP contribution is 2.10. The summed E-state index contributed by atoms with van der Waals surface area (Å²) in [4.78, 5) is 4.27. The van der Waals surface area contributed by atoms with Crippen LogP contribution in [0.3, 0.4) is 0 Å². The summed E-state index contributed by atoms with van der Waals surface area (Å²) in [6, 6.07) is 5.99. The van der Waals surface area contributed by atoms with E-state index in [9.17, 15) is 0 Å². The summed E-state index contributed by atoms with van der Waals surface area (Å²) in [5.41, 5.74) is 1.26. The fourth-order valence-electron chi connectivity index (χ4n) is 1.16. The number of halogens is 1. The lowest BCUT2D eigenvalue weighted by atomic mass is 10.0. The van der Waals surface area contributed by atoms with Gasteiger partial charge < -0.3 is 5.32 Å². The third kappa shape index (κ3) is 4.20. The maximum absolute atomic E-state index is 4.27. The van der Waals surface area contributed by atoms with Crippen LogP contribution in [-0.2, 0) is 6.54 Å². The van der Waals surface area contributed by atoms with E-state index in [1.165, 1.54) is 0 Å².